The van der Waals surface area contributed by atoms with E-state index in [1.165, 1.54) is 32.2 Å². The van der Waals surface area contributed by atoms with Crippen molar-refractivity contribution >= 4 is 5.91 Å². The van der Waals surface area contributed by atoms with Crippen LogP contribution in [0.3, 0.4) is 0 Å². The number of likely N-dealkylation sites (N-methyl/N-ethyl adjacent to an activating group) is 1. The first-order chi connectivity index (χ1) is 10.2. The van der Waals surface area contributed by atoms with E-state index in [2.05, 4.69) is 17.4 Å². The van der Waals surface area contributed by atoms with Gasteiger partial charge < -0.3 is 9.64 Å². The van der Waals surface area contributed by atoms with Gasteiger partial charge in [-0.3, -0.25) is 10.2 Å². The first-order valence-corrected chi connectivity index (χ1v) is 7.61. The van der Waals surface area contributed by atoms with Crippen LogP contribution in [0.2, 0.25) is 0 Å². The molecule has 1 amide bonds. The number of benzene rings is 1. The molecule has 3 N–H and O–H groups in total. The molecule has 1 fully saturated rings. The molecular formula is C16H25N3O2. The van der Waals surface area contributed by atoms with Crippen molar-refractivity contribution in [2.24, 2.45) is 11.8 Å². The Hall–Kier alpha value is -1.59. The van der Waals surface area contributed by atoms with Crippen molar-refractivity contribution in [2.45, 2.75) is 25.7 Å². The fourth-order valence-corrected chi connectivity index (χ4v) is 2.83. The lowest BCUT2D eigenvalue weighted by atomic mass is 10.1. The van der Waals surface area contributed by atoms with Crippen LogP contribution in [-0.4, -0.2) is 37.6 Å². The van der Waals surface area contributed by atoms with Gasteiger partial charge in [0, 0.05) is 18.7 Å². The van der Waals surface area contributed by atoms with Crippen LogP contribution in [-0.2, 0) is 0 Å². The van der Waals surface area contributed by atoms with Crippen molar-refractivity contribution in [1.82, 2.24) is 10.3 Å². The number of nitrogen functional groups attached to an aromatic ring is 1. The van der Waals surface area contributed by atoms with Gasteiger partial charge in [-0.15, -0.1) is 0 Å². The molecule has 0 saturated heterocycles. The number of carbonyl (C=O) groups is 1. The molecule has 116 valence electrons. The van der Waals surface area contributed by atoms with Crippen LogP contribution in [0, 0.1) is 5.92 Å². The second-order valence-electron chi connectivity index (χ2n) is 5.76. The minimum absolute atomic E-state index is 0.294. The van der Waals surface area contributed by atoms with Crippen molar-refractivity contribution in [3.05, 3.63) is 29.8 Å². The predicted octanol–water partition coefficient (Wildman–Crippen LogP) is 1.79. The zero-order chi connectivity index (χ0) is 15.1. The Morgan fingerprint density at radius 2 is 2.00 bits per heavy atom. The summed E-state index contributed by atoms with van der Waals surface area (Å²) >= 11 is 0. The molecule has 1 aliphatic carbocycles. The van der Waals surface area contributed by atoms with Crippen LogP contribution in [0.15, 0.2) is 24.3 Å². The summed E-state index contributed by atoms with van der Waals surface area (Å²) in [4.78, 5) is 13.6. The highest BCUT2D eigenvalue weighted by atomic mass is 16.5. The molecule has 0 spiro atoms. The number of hydrogen-bond acceptors (Lipinski definition) is 4. The lowest BCUT2D eigenvalue weighted by molar-refractivity contribution is 0.0953. The Bertz CT molecular complexity index is 441. The largest absolute Gasteiger partial charge is 0.492 e. The lowest BCUT2D eigenvalue weighted by Crippen LogP contribution is -2.30. The summed E-state index contributed by atoms with van der Waals surface area (Å²) in [5.41, 5.74) is 2.64. The van der Waals surface area contributed by atoms with Crippen molar-refractivity contribution in [3.63, 3.8) is 0 Å². The van der Waals surface area contributed by atoms with Gasteiger partial charge in [0.1, 0.15) is 12.4 Å². The maximum atomic E-state index is 11.3. The zero-order valence-corrected chi connectivity index (χ0v) is 12.7. The van der Waals surface area contributed by atoms with E-state index in [1.807, 2.05) is 0 Å². The summed E-state index contributed by atoms with van der Waals surface area (Å²) in [5.74, 6) is 6.43. The number of nitrogens with two attached hydrogens (primary N) is 1. The molecule has 0 heterocycles. The first kappa shape index (κ1) is 15.8. The van der Waals surface area contributed by atoms with Crippen LogP contribution >= 0.6 is 0 Å². The Labute approximate surface area is 126 Å². The summed E-state index contributed by atoms with van der Waals surface area (Å²) in [6.07, 6.45) is 5.52. The number of ether oxygens (including phenoxy) is 1. The zero-order valence-electron chi connectivity index (χ0n) is 12.7. The summed E-state index contributed by atoms with van der Waals surface area (Å²) in [5, 5.41) is 0. The second kappa shape index (κ2) is 8.00. The average molecular weight is 291 g/mol. The van der Waals surface area contributed by atoms with Crippen LogP contribution in [0.4, 0.5) is 0 Å². The van der Waals surface area contributed by atoms with E-state index in [1.54, 1.807) is 24.3 Å². The topological polar surface area (TPSA) is 67.6 Å². The van der Waals surface area contributed by atoms with Crippen molar-refractivity contribution in [3.8, 4) is 5.75 Å². The van der Waals surface area contributed by atoms with E-state index in [9.17, 15) is 4.79 Å². The van der Waals surface area contributed by atoms with Crippen LogP contribution < -0.4 is 16.0 Å². The standard InChI is InChI=1S/C16H25N3O2/c1-19(12-13-4-2-3-5-13)10-11-21-15-8-6-14(7-9-15)16(20)18-17/h6-9,13H,2-5,10-12,17H2,1H3,(H,18,20). The Balaban J connectivity index is 1.69. The minimum atomic E-state index is -0.294. The highest BCUT2D eigenvalue weighted by Crippen LogP contribution is 2.25. The van der Waals surface area contributed by atoms with Crippen molar-refractivity contribution < 1.29 is 9.53 Å². The molecule has 5 heteroatoms. The molecule has 0 atom stereocenters. The fourth-order valence-electron chi connectivity index (χ4n) is 2.83. The molecule has 1 saturated carbocycles. The predicted molar refractivity (Wildman–Crippen MR) is 83.0 cm³/mol. The highest BCUT2D eigenvalue weighted by Gasteiger charge is 2.16. The van der Waals surface area contributed by atoms with Gasteiger partial charge in [-0.1, -0.05) is 12.8 Å². The van der Waals surface area contributed by atoms with Crippen molar-refractivity contribution in [1.29, 1.82) is 0 Å². The molecule has 0 radical (unpaired) electrons. The van der Waals surface area contributed by atoms with Gasteiger partial charge >= 0.3 is 0 Å². The molecule has 2 rings (SSSR count). The second-order valence-corrected chi connectivity index (χ2v) is 5.76. The monoisotopic (exact) mass is 291 g/mol. The van der Waals surface area contributed by atoms with Crippen LogP contribution in [0.5, 0.6) is 5.75 Å². The number of rotatable bonds is 7. The van der Waals surface area contributed by atoms with Gasteiger partial charge in [-0.25, -0.2) is 5.84 Å². The highest BCUT2D eigenvalue weighted by molar-refractivity contribution is 5.93. The summed E-state index contributed by atoms with van der Waals surface area (Å²) in [7, 11) is 2.15. The smallest absolute Gasteiger partial charge is 0.265 e. The summed E-state index contributed by atoms with van der Waals surface area (Å²) in [6, 6.07) is 7.00. The molecule has 0 aromatic heterocycles. The number of amides is 1. The third kappa shape index (κ3) is 5.02. The third-order valence-electron chi connectivity index (χ3n) is 4.03. The van der Waals surface area contributed by atoms with E-state index in [-0.39, 0.29) is 5.91 Å². The normalized spacial score (nSPS) is 15.4. The van der Waals surface area contributed by atoms with Gasteiger partial charge in [-0.05, 0) is 50.1 Å². The fraction of sp³-hybridized carbons (Fsp3) is 0.562. The Morgan fingerprint density at radius 1 is 1.33 bits per heavy atom. The molecule has 0 bridgehead atoms. The maximum Gasteiger partial charge on any atom is 0.265 e. The molecule has 0 aliphatic heterocycles. The van der Waals surface area contributed by atoms with E-state index >= 15 is 0 Å². The number of hydrogen-bond donors (Lipinski definition) is 2. The summed E-state index contributed by atoms with van der Waals surface area (Å²) < 4.78 is 5.70. The number of nitrogens with zero attached hydrogens (tertiary/aromatic N) is 1. The minimum Gasteiger partial charge on any atom is -0.492 e. The Kier molecular flexibility index (Phi) is 6.02. The Morgan fingerprint density at radius 3 is 2.62 bits per heavy atom. The summed E-state index contributed by atoms with van der Waals surface area (Å²) in [6.45, 7) is 2.74. The van der Waals surface area contributed by atoms with Gasteiger partial charge in [0.15, 0.2) is 0 Å². The molecule has 21 heavy (non-hydrogen) atoms. The quantitative estimate of drug-likeness (QED) is 0.456. The van der Waals surface area contributed by atoms with E-state index in [4.69, 9.17) is 10.6 Å². The van der Waals surface area contributed by atoms with E-state index in [0.29, 0.717) is 12.2 Å². The molecule has 1 aromatic carbocycles. The molecule has 1 aliphatic rings. The lowest BCUT2D eigenvalue weighted by Gasteiger charge is -2.20. The third-order valence-corrected chi connectivity index (χ3v) is 4.03. The molecule has 1 aromatic rings. The number of carbonyl (C=O) groups excluding carboxylic acids is 1. The molecule has 5 nitrogen and oxygen atoms in total. The SMILES string of the molecule is CN(CCOc1ccc(C(=O)NN)cc1)CC1CCCC1. The van der Waals surface area contributed by atoms with E-state index in [0.717, 1.165) is 18.2 Å². The molecule has 0 unspecified atom stereocenters. The number of nitrogens with one attached hydrogen (secondary N) is 1. The van der Waals surface area contributed by atoms with Crippen molar-refractivity contribution in [2.75, 3.05) is 26.7 Å². The van der Waals surface area contributed by atoms with Crippen LogP contribution in [0.1, 0.15) is 36.0 Å². The number of hydrazine groups is 1. The average Bonchev–Trinajstić information content (AvgIpc) is 3.00. The van der Waals surface area contributed by atoms with Gasteiger partial charge in [-0.2, -0.15) is 0 Å². The maximum absolute atomic E-state index is 11.3. The van der Waals surface area contributed by atoms with E-state index < -0.39 is 0 Å². The van der Waals surface area contributed by atoms with Crippen LogP contribution in [0.25, 0.3) is 0 Å². The first-order valence-electron chi connectivity index (χ1n) is 7.61. The molecular weight excluding hydrogens is 266 g/mol. The van der Waals surface area contributed by atoms with Gasteiger partial charge in [0.25, 0.3) is 5.91 Å². The van der Waals surface area contributed by atoms with Gasteiger partial charge in [0.05, 0.1) is 0 Å². The van der Waals surface area contributed by atoms with Gasteiger partial charge in [0.2, 0.25) is 0 Å².